The van der Waals surface area contributed by atoms with Crippen LogP contribution < -0.4 is 10.2 Å². The van der Waals surface area contributed by atoms with Crippen LogP contribution in [0.3, 0.4) is 0 Å². The zero-order chi connectivity index (χ0) is 13.5. The molecule has 0 radical (unpaired) electrons. The van der Waals surface area contributed by atoms with E-state index in [2.05, 4.69) is 34.5 Å². The van der Waals surface area contributed by atoms with Gasteiger partial charge in [-0.05, 0) is 43.4 Å². The molecular formula is C16H26N2O. The summed E-state index contributed by atoms with van der Waals surface area (Å²) in [4.78, 5) is 2.47. The molecule has 1 heterocycles. The smallest absolute Gasteiger partial charge is 0.0662 e. The first kappa shape index (κ1) is 14.4. The third kappa shape index (κ3) is 4.51. The minimum atomic E-state index is -0.229. The molecule has 0 aliphatic carbocycles. The molecule has 0 saturated carbocycles. The fourth-order valence-corrected chi connectivity index (χ4v) is 2.50. The van der Waals surface area contributed by atoms with Crippen molar-refractivity contribution in [2.75, 3.05) is 24.5 Å². The molecule has 3 heteroatoms. The molecule has 2 rings (SSSR count). The average Bonchev–Trinajstić information content (AvgIpc) is 2.48. The minimum Gasteiger partial charge on any atom is -0.392 e. The van der Waals surface area contributed by atoms with Crippen LogP contribution in [0.2, 0.25) is 0 Å². The van der Waals surface area contributed by atoms with E-state index < -0.39 is 0 Å². The summed E-state index contributed by atoms with van der Waals surface area (Å²) in [5.41, 5.74) is 2.63. The van der Waals surface area contributed by atoms with Gasteiger partial charge in [0.1, 0.15) is 0 Å². The van der Waals surface area contributed by atoms with E-state index in [0.29, 0.717) is 6.54 Å². The van der Waals surface area contributed by atoms with Crippen molar-refractivity contribution in [3.8, 4) is 0 Å². The molecule has 1 unspecified atom stereocenters. The van der Waals surface area contributed by atoms with Gasteiger partial charge >= 0.3 is 0 Å². The second-order valence-electron chi connectivity index (χ2n) is 5.41. The quantitative estimate of drug-likeness (QED) is 0.827. The first-order valence-corrected chi connectivity index (χ1v) is 7.52. The lowest BCUT2D eigenvalue weighted by atomic mass is 10.1. The summed E-state index contributed by atoms with van der Waals surface area (Å²) < 4.78 is 0. The van der Waals surface area contributed by atoms with Crippen molar-refractivity contribution in [1.29, 1.82) is 0 Å². The Morgan fingerprint density at radius 2 is 1.84 bits per heavy atom. The zero-order valence-corrected chi connectivity index (χ0v) is 11.9. The summed E-state index contributed by atoms with van der Waals surface area (Å²) >= 11 is 0. The molecule has 0 aromatic heterocycles. The molecule has 19 heavy (non-hydrogen) atoms. The number of rotatable bonds is 6. The second kappa shape index (κ2) is 7.51. The lowest BCUT2D eigenvalue weighted by Crippen LogP contribution is -2.29. The Morgan fingerprint density at radius 1 is 1.16 bits per heavy atom. The summed E-state index contributed by atoms with van der Waals surface area (Å²) in [6, 6.07) is 8.82. The summed E-state index contributed by atoms with van der Waals surface area (Å²) in [6.45, 7) is 5.89. The van der Waals surface area contributed by atoms with E-state index in [-0.39, 0.29) is 6.10 Å². The van der Waals surface area contributed by atoms with E-state index in [0.717, 1.165) is 13.0 Å². The fourth-order valence-electron chi connectivity index (χ4n) is 2.50. The molecule has 1 aliphatic heterocycles. The van der Waals surface area contributed by atoms with Gasteiger partial charge in [-0.25, -0.2) is 0 Å². The zero-order valence-electron chi connectivity index (χ0n) is 11.9. The van der Waals surface area contributed by atoms with Crippen molar-refractivity contribution < 1.29 is 5.11 Å². The Labute approximate surface area is 116 Å². The normalized spacial score (nSPS) is 17.5. The van der Waals surface area contributed by atoms with E-state index >= 15 is 0 Å². The lowest BCUT2D eigenvalue weighted by Gasteiger charge is -2.28. The molecule has 1 saturated heterocycles. The molecule has 0 spiro atoms. The van der Waals surface area contributed by atoms with Crippen molar-refractivity contribution in [2.24, 2.45) is 0 Å². The third-order valence-electron chi connectivity index (χ3n) is 3.84. The van der Waals surface area contributed by atoms with Crippen LogP contribution in [0, 0.1) is 0 Å². The van der Waals surface area contributed by atoms with E-state index in [1.165, 1.54) is 43.6 Å². The minimum absolute atomic E-state index is 0.229. The van der Waals surface area contributed by atoms with Gasteiger partial charge in [0.15, 0.2) is 0 Å². The van der Waals surface area contributed by atoms with Gasteiger partial charge in [0.05, 0.1) is 6.10 Å². The highest BCUT2D eigenvalue weighted by Gasteiger charge is 2.10. The number of benzene rings is 1. The molecule has 1 aliphatic rings. The highest BCUT2D eigenvalue weighted by Crippen LogP contribution is 2.20. The average molecular weight is 262 g/mol. The van der Waals surface area contributed by atoms with E-state index in [1.54, 1.807) is 0 Å². The number of hydrogen-bond donors (Lipinski definition) is 2. The van der Waals surface area contributed by atoms with Crippen molar-refractivity contribution in [3.63, 3.8) is 0 Å². The van der Waals surface area contributed by atoms with Crippen molar-refractivity contribution in [3.05, 3.63) is 29.8 Å². The van der Waals surface area contributed by atoms with Crippen LogP contribution >= 0.6 is 0 Å². The summed E-state index contributed by atoms with van der Waals surface area (Å²) in [7, 11) is 0. The maximum atomic E-state index is 9.48. The van der Waals surface area contributed by atoms with E-state index in [4.69, 9.17) is 0 Å². The van der Waals surface area contributed by atoms with E-state index in [9.17, 15) is 5.11 Å². The number of aliphatic hydroxyl groups is 1. The van der Waals surface area contributed by atoms with Gasteiger partial charge in [0.25, 0.3) is 0 Å². The van der Waals surface area contributed by atoms with Crippen molar-refractivity contribution in [2.45, 2.75) is 45.3 Å². The predicted molar refractivity (Wildman–Crippen MR) is 80.5 cm³/mol. The summed E-state index contributed by atoms with van der Waals surface area (Å²) in [5, 5.41) is 12.8. The standard InChI is InChI=1S/C16H26N2O/c1-2-16(19)13-17-12-14-6-8-15(9-7-14)18-10-4-3-5-11-18/h6-9,16-17,19H,2-5,10-13H2,1H3. The van der Waals surface area contributed by atoms with Gasteiger partial charge in [-0.1, -0.05) is 19.1 Å². The molecule has 1 aromatic rings. The topological polar surface area (TPSA) is 35.5 Å². The Kier molecular flexibility index (Phi) is 5.67. The largest absolute Gasteiger partial charge is 0.392 e. The predicted octanol–water partition coefficient (Wildman–Crippen LogP) is 2.54. The molecule has 3 nitrogen and oxygen atoms in total. The maximum absolute atomic E-state index is 9.48. The lowest BCUT2D eigenvalue weighted by molar-refractivity contribution is 0.167. The molecule has 1 fully saturated rings. The molecule has 2 N–H and O–H groups in total. The highest BCUT2D eigenvalue weighted by atomic mass is 16.3. The van der Waals surface area contributed by atoms with Crippen LogP contribution in [0.5, 0.6) is 0 Å². The van der Waals surface area contributed by atoms with Gasteiger partial charge in [-0.15, -0.1) is 0 Å². The van der Waals surface area contributed by atoms with Crippen LogP contribution in [-0.2, 0) is 6.54 Å². The van der Waals surface area contributed by atoms with Gasteiger partial charge < -0.3 is 15.3 Å². The molecular weight excluding hydrogens is 236 g/mol. The van der Waals surface area contributed by atoms with Crippen LogP contribution in [-0.4, -0.2) is 30.8 Å². The third-order valence-corrected chi connectivity index (χ3v) is 3.84. The Balaban J connectivity index is 1.80. The van der Waals surface area contributed by atoms with Crippen molar-refractivity contribution in [1.82, 2.24) is 5.32 Å². The van der Waals surface area contributed by atoms with Gasteiger partial charge in [-0.2, -0.15) is 0 Å². The fraction of sp³-hybridized carbons (Fsp3) is 0.625. The number of hydrogen-bond acceptors (Lipinski definition) is 3. The first-order valence-electron chi connectivity index (χ1n) is 7.52. The molecule has 1 atom stereocenters. The first-order chi connectivity index (χ1) is 9.29. The van der Waals surface area contributed by atoms with Gasteiger partial charge in [0.2, 0.25) is 0 Å². The second-order valence-corrected chi connectivity index (χ2v) is 5.41. The number of aliphatic hydroxyl groups excluding tert-OH is 1. The summed E-state index contributed by atoms with van der Waals surface area (Å²) in [5.74, 6) is 0. The Morgan fingerprint density at radius 3 is 2.47 bits per heavy atom. The Hall–Kier alpha value is -1.06. The maximum Gasteiger partial charge on any atom is 0.0662 e. The van der Waals surface area contributed by atoms with Crippen LogP contribution in [0.4, 0.5) is 5.69 Å². The van der Waals surface area contributed by atoms with Gasteiger partial charge in [0, 0.05) is 31.9 Å². The number of nitrogens with zero attached hydrogens (tertiary/aromatic N) is 1. The van der Waals surface area contributed by atoms with Crippen molar-refractivity contribution >= 4 is 5.69 Å². The molecule has 0 amide bonds. The number of anilines is 1. The van der Waals surface area contributed by atoms with E-state index in [1.807, 2.05) is 6.92 Å². The number of nitrogens with one attached hydrogen (secondary N) is 1. The monoisotopic (exact) mass is 262 g/mol. The van der Waals surface area contributed by atoms with Gasteiger partial charge in [-0.3, -0.25) is 0 Å². The Bertz CT molecular complexity index is 358. The molecule has 0 bridgehead atoms. The van der Waals surface area contributed by atoms with Crippen LogP contribution in [0.25, 0.3) is 0 Å². The number of piperidine rings is 1. The SMILES string of the molecule is CCC(O)CNCc1ccc(N2CCCCC2)cc1. The summed E-state index contributed by atoms with van der Waals surface area (Å²) in [6.07, 6.45) is 4.59. The molecule has 106 valence electrons. The van der Waals surface area contributed by atoms with Crippen LogP contribution in [0.15, 0.2) is 24.3 Å². The highest BCUT2D eigenvalue weighted by molar-refractivity contribution is 5.47. The van der Waals surface area contributed by atoms with Crippen LogP contribution in [0.1, 0.15) is 38.2 Å². The molecule has 1 aromatic carbocycles.